The van der Waals surface area contributed by atoms with Crippen molar-refractivity contribution >= 4 is 21.6 Å². The van der Waals surface area contributed by atoms with Crippen molar-refractivity contribution in [1.82, 2.24) is 0 Å². The van der Waals surface area contributed by atoms with Crippen LogP contribution in [-0.2, 0) is 0 Å². The summed E-state index contributed by atoms with van der Waals surface area (Å²) in [5.74, 6) is 0. The van der Waals surface area contributed by atoms with Gasteiger partial charge in [-0.1, -0.05) is 43.6 Å². The number of hydrogen-bond acceptors (Lipinski definition) is 1. The first-order valence-electron chi connectivity index (χ1n) is 6.78. The van der Waals surface area contributed by atoms with Crippen LogP contribution in [0.2, 0.25) is 0 Å². The van der Waals surface area contributed by atoms with Gasteiger partial charge < -0.3 is 5.32 Å². The maximum Gasteiger partial charge on any atom is 0.0343 e. The van der Waals surface area contributed by atoms with E-state index in [-0.39, 0.29) is 0 Å². The van der Waals surface area contributed by atoms with E-state index < -0.39 is 0 Å². The number of hydrogen-bond donors (Lipinski definition) is 1. The molecule has 1 aliphatic carbocycles. The predicted molar refractivity (Wildman–Crippen MR) is 83.0 cm³/mol. The van der Waals surface area contributed by atoms with Crippen LogP contribution in [0.5, 0.6) is 0 Å². The molecule has 1 N–H and O–H groups in total. The lowest BCUT2D eigenvalue weighted by Gasteiger charge is -2.45. The molecule has 0 aliphatic heterocycles. The molecule has 0 amide bonds. The Morgan fingerprint density at radius 3 is 2.00 bits per heavy atom. The van der Waals surface area contributed by atoms with E-state index in [2.05, 4.69) is 73.2 Å². The quantitative estimate of drug-likeness (QED) is 0.764. The van der Waals surface area contributed by atoms with Crippen molar-refractivity contribution in [3.05, 3.63) is 28.7 Å². The zero-order chi connectivity index (χ0) is 13.4. The molecule has 18 heavy (non-hydrogen) atoms. The molecule has 0 heterocycles. The maximum atomic E-state index is 3.70. The van der Waals surface area contributed by atoms with E-state index in [1.165, 1.54) is 24.9 Å². The first-order valence-corrected chi connectivity index (χ1v) is 7.57. The molecule has 2 rings (SSSR count). The molecule has 2 heteroatoms. The van der Waals surface area contributed by atoms with Crippen molar-refractivity contribution in [3.63, 3.8) is 0 Å². The molecule has 0 bridgehead atoms. The number of halogens is 1. The van der Waals surface area contributed by atoms with Gasteiger partial charge in [0.25, 0.3) is 0 Å². The Morgan fingerprint density at radius 2 is 1.50 bits per heavy atom. The molecule has 0 saturated heterocycles. The lowest BCUT2D eigenvalue weighted by Crippen LogP contribution is -2.40. The molecular weight excluding hydrogens is 286 g/mol. The number of nitrogens with one attached hydrogen (secondary N) is 1. The third-order valence-electron chi connectivity index (χ3n) is 3.77. The molecule has 1 fully saturated rings. The van der Waals surface area contributed by atoms with Crippen LogP contribution in [0, 0.1) is 10.8 Å². The molecule has 0 spiro atoms. The standard InChI is InChI=1S/C16H24BrN/c1-15(2)9-14(10-16(3,4)11-15)18-13-7-5-12(17)6-8-13/h5-8,14,18H,9-11H2,1-4H3. The Kier molecular flexibility index (Phi) is 3.77. The number of benzene rings is 1. The molecular formula is C16H24BrN. The van der Waals surface area contributed by atoms with Gasteiger partial charge >= 0.3 is 0 Å². The first kappa shape index (κ1) is 13.9. The van der Waals surface area contributed by atoms with Crippen molar-refractivity contribution in [2.75, 3.05) is 5.32 Å². The van der Waals surface area contributed by atoms with Crippen molar-refractivity contribution in [3.8, 4) is 0 Å². The fourth-order valence-electron chi connectivity index (χ4n) is 3.73. The molecule has 0 aromatic heterocycles. The maximum absolute atomic E-state index is 3.70. The highest BCUT2D eigenvalue weighted by Gasteiger charge is 2.38. The first-order chi connectivity index (χ1) is 8.26. The summed E-state index contributed by atoms with van der Waals surface area (Å²) in [4.78, 5) is 0. The summed E-state index contributed by atoms with van der Waals surface area (Å²) in [5.41, 5.74) is 2.11. The van der Waals surface area contributed by atoms with Gasteiger partial charge in [-0.2, -0.15) is 0 Å². The Bertz CT molecular complexity index is 390. The van der Waals surface area contributed by atoms with E-state index in [0.29, 0.717) is 16.9 Å². The van der Waals surface area contributed by atoms with Gasteiger partial charge in [-0.25, -0.2) is 0 Å². The van der Waals surface area contributed by atoms with E-state index in [1.807, 2.05) is 0 Å². The SMILES string of the molecule is CC1(C)CC(Nc2ccc(Br)cc2)CC(C)(C)C1. The van der Waals surface area contributed by atoms with Crippen LogP contribution in [0.15, 0.2) is 28.7 Å². The highest BCUT2D eigenvalue weighted by Crippen LogP contribution is 2.46. The fraction of sp³-hybridized carbons (Fsp3) is 0.625. The minimum Gasteiger partial charge on any atom is -0.382 e. The Labute approximate surface area is 119 Å². The third-order valence-corrected chi connectivity index (χ3v) is 4.30. The van der Waals surface area contributed by atoms with Crippen molar-refractivity contribution in [2.24, 2.45) is 10.8 Å². The normalized spacial score (nSPS) is 22.7. The van der Waals surface area contributed by atoms with Crippen LogP contribution < -0.4 is 5.32 Å². The Balaban J connectivity index is 2.07. The van der Waals surface area contributed by atoms with Crippen LogP contribution >= 0.6 is 15.9 Å². The van der Waals surface area contributed by atoms with Gasteiger partial charge in [-0.15, -0.1) is 0 Å². The predicted octanol–water partition coefficient (Wildman–Crippen LogP) is 5.47. The summed E-state index contributed by atoms with van der Waals surface area (Å²) in [7, 11) is 0. The smallest absolute Gasteiger partial charge is 0.0343 e. The fourth-order valence-corrected chi connectivity index (χ4v) is 3.99. The van der Waals surface area contributed by atoms with Gasteiger partial charge in [-0.05, 0) is 54.4 Å². The van der Waals surface area contributed by atoms with Crippen LogP contribution in [0.25, 0.3) is 0 Å². The summed E-state index contributed by atoms with van der Waals surface area (Å²) in [6.45, 7) is 9.57. The molecule has 0 unspecified atom stereocenters. The average molecular weight is 310 g/mol. The molecule has 100 valence electrons. The summed E-state index contributed by atoms with van der Waals surface area (Å²) in [5, 5.41) is 3.70. The largest absolute Gasteiger partial charge is 0.382 e. The summed E-state index contributed by atoms with van der Waals surface area (Å²) < 4.78 is 1.14. The van der Waals surface area contributed by atoms with Crippen molar-refractivity contribution in [2.45, 2.75) is 53.0 Å². The molecule has 1 saturated carbocycles. The van der Waals surface area contributed by atoms with Gasteiger partial charge in [0.05, 0.1) is 0 Å². The Hall–Kier alpha value is -0.500. The summed E-state index contributed by atoms with van der Waals surface area (Å²) >= 11 is 3.48. The van der Waals surface area contributed by atoms with Crippen molar-refractivity contribution in [1.29, 1.82) is 0 Å². The lowest BCUT2D eigenvalue weighted by molar-refractivity contribution is 0.105. The molecule has 0 atom stereocenters. The highest BCUT2D eigenvalue weighted by atomic mass is 79.9. The molecule has 1 aromatic carbocycles. The monoisotopic (exact) mass is 309 g/mol. The van der Waals surface area contributed by atoms with Gasteiger partial charge in [0.15, 0.2) is 0 Å². The number of rotatable bonds is 2. The third kappa shape index (κ3) is 3.74. The molecule has 1 aromatic rings. The zero-order valence-corrected chi connectivity index (χ0v) is 13.5. The van der Waals surface area contributed by atoms with Gasteiger partial charge in [0, 0.05) is 16.2 Å². The van der Waals surface area contributed by atoms with Crippen LogP contribution in [0.1, 0.15) is 47.0 Å². The van der Waals surface area contributed by atoms with E-state index in [9.17, 15) is 0 Å². The van der Waals surface area contributed by atoms with E-state index >= 15 is 0 Å². The molecule has 1 aliphatic rings. The second-order valence-electron chi connectivity index (χ2n) is 7.26. The minimum absolute atomic E-state index is 0.439. The van der Waals surface area contributed by atoms with Crippen LogP contribution in [-0.4, -0.2) is 6.04 Å². The van der Waals surface area contributed by atoms with E-state index in [4.69, 9.17) is 0 Å². The van der Waals surface area contributed by atoms with Gasteiger partial charge in [-0.3, -0.25) is 0 Å². The lowest BCUT2D eigenvalue weighted by atomic mass is 9.63. The van der Waals surface area contributed by atoms with Gasteiger partial charge in [0.2, 0.25) is 0 Å². The second kappa shape index (κ2) is 4.88. The van der Waals surface area contributed by atoms with E-state index in [0.717, 1.165) is 4.47 Å². The van der Waals surface area contributed by atoms with E-state index in [1.54, 1.807) is 0 Å². The molecule has 0 radical (unpaired) electrons. The van der Waals surface area contributed by atoms with Crippen LogP contribution in [0.3, 0.4) is 0 Å². The Morgan fingerprint density at radius 1 is 1.00 bits per heavy atom. The van der Waals surface area contributed by atoms with Crippen molar-refractivity contribution < 1.29 is 0 Å². The molecule has 1 nitrogen and oxygen atoms in total. The van der Waals surface area contributed by atoms with Crippen LogP contribution in [0.4, 0.5) is 5.69 Å². The average Bonchev–Trinajstić information content (AvgIpc) is 2.16. The topological polar surface area (TPSA) is 12.0 Å². The van der Waals surface area contributed by atoms with Gasteiger partial charge in [0.1, 0.15) is 0 Å². The number of anilines is 1. The minimum atomic E-state index is 0.439. The second-order valence-corrected chi connectivity index (χ2v) is 8.18. The summed E-state index contributed by atoms with van der Waals surface area (Å²) in [6, 6.07) is 9.09. The summed E-state index contributed by atoms with van der Waals surface area (Å²) in [6.07, 6.45) is 3.83. The zero-order valence-electron chi connectivity index (χ0n) is 11.9. The highest BCUT2D eigenvalue weighted by molar-refractivity contribution is 9.10.